The van der Waals surface area contributed by atoms with Crippen molar-refractivity contribution in [2.24, 2.45) is 0 Å². The maximum Gasteiger partial charge on any atom is 0.254 e. The average Bonchev–Trinajstić information content (AvgIpc) is 2.99. The van der Waals surface area contributed by atoms with Crippen LogP contribution in [0.4, 0.5) is 0 Å². The normalized spacial score (nSPS) is 13.8. The molecule has 3 aromatic rings. The van der Waals surface area contributed by atoms with Gasteiger partial charge in [-0.05, 0) is 42.3 Å². The summed E-state index contributed by atoms with van der Waals surface area (Å²) >= 11 is 12.3. The van der Waals surface area contributed by atoms with E-state index in [1.165, 1.54) is 5.56 Å². The largest absolute Gasteiger partial charge is 0.494 e. The quantitative estimate of drug-likeness (QED) is 0.707. The van der Waals surface area contributed by atoms with E-state index in [4.69, 9.17) is 27.9 Å². The fourth-order valence-electron chi connectivity index (χ4n) is 3.45. The molecule has 1 amide bonds. The number of carbonyl (C=O) groups excluding carboxylic acids is 1. The molecule has 0 spiro atoms. The van der Waals surface area contributed by atoms with E-state index < -0.39 is 0 Å². The molecule has 0 saturated carbocycles. The van der Waals surface area contributed by atoms with Gasteiger partial charge in [-0.2, -0.15) is 0 Å². The van der Waals surface area contributed by atoms with Gasteiger partial charge in [0.15, 0.2) is 0 Å². The van der Waals surface area contributed by atoms with Crippen LogP contribution in [-0.4, -0.2) is 29.4 Å². The van der Waals surface area contributed by atoms with E-state index in [1.807, 2.05) is 17.0 Å². The summed E-state index contributed by atoms with van der Waals surface area (Å²) in [6.07, 6.45) is 0.748. The van der Waals surface area contributed by atoms with Gasteiger partial charge in [0.25, 0.3) is 5.91 Å². The number of aromatic amines is 1. The number of H-pyrrole nitrogens is 1. The van der Waals surface area contributed by atoms with Crippen LogP contribution in [0.25, 0.3) is 10.9 Å². The minimum atomic E-state index is -0.0168. The Morgan fingerprint density at radius 1 is 1.24 bits per heavy atom. The van der Waals surface area contributed by atoms with Gasteiger partial charge in [0.05, 0.1) is 18.7 Å². The highest BCUT2D eigenvalue weighted by molar-refractivity contribution is 6.33. The lowest BCUT2D eigenvalue weighted by molar-refractivity contribution is 0.0733. The van der Waals surface area contributed by atoms with E-state index in [-0.39, 0.29) is 5.91 Å². The maximum absolute atomic E-state index is 12.8. The van der Waals surface area contributed by atoms with Crippen LogP contribution in [0.5, 0.6) is 5.75 Å². The third-order valence-electron chi connectivity index (χ3n) is 4.60. The lowest BCUT2D eigenvalue weighted by atomic mass is 10.0. The van der Waals surface area contributed by atoms with E-state index in [2.05, 4.69) is 4.98 Å². The van der Waals surface area contributed by atoms with Crippen LogP contribution < -0.4 is 4.74 Å². The van der Waals surface area contributed by atoms with E-state index in [0.717, 1.165) is 23.0 Å². The van der Waals surface area contributed by atoms with Crippen molar-refractivity contribution in [3.8, 4) is 5.75 Å². The third-order valence-corrected chi connectivity index (χ3v) is 5.14. The molecule has 0 unspecified atom stereocenters. The van der Waals surface area contributed by atoms with Gasteiger partial charge in [-0.15, -0.1) is 0 Å². The van der Waals surface area contributed by atoms with Crippen LogP contribution in [0.15, 0.2) is 36.4 Å². The number of halogens is 2. The molecule has 1 N–H and O–H groups in total. The predicted octanol–water partition coefficient (Wildman–Crippen LogP) is 4.68. The summed E-state index contributed by atoms with van der Waals surface area (Å²) in [7, 11) is 1.62. The second-order valence-electron chi connectivity index (χ2n) is 6.07. The highest BCUT2D eigenvalue weighted by Crippen LogP contribution is 2.38. The Bertz CT molecular complexity index is 981. The number of nitrogens with zero attached hydrogens (tertiary/aromatic N) is 1. The van der Waals surface area contributed by atoms with Gasteiger partial charge in [0.2, 0.25) is 0 Å². The standard InChI is InChI=1S/C19H16Cl2N2O2/c1-25-18-14(21)5-6-15-17(18)13-7-8-23(10-16(13)22-15)19(24)11-3-2-4-12(20)9-11/h2-6,9,22H,7-8,10H2,1H3. The monoisotopic (exact) mass is 374 g/mol. The van der Waals surface area contributed by atoms with Crippen molar-refractivity contribution in [2.45, 2.75) is 13.0 Å². The number of hydrogen-bond acceptors (Lipinski definition) is 2. The Kier molecular flexibility index (Phi) is 4.10. The van der Waals surface area contributed by atoms with Gasteiger partial charge in [-0.3, -0.25) is 4.79 Å². The molecule has 1 aliphatic heterocycles. The average molecular weight is 375 g/mol. The molecule has 0 bridgehead atoms. The van der Waals surface area contributed by atoms with Crippen molar-refractivity contribution in [2.75, 3.05) is 13.7 Å². The van der Waals surface area contributed by atoms with Crippen LogP contribution in [0.1, 0.15) is 21.6 Å². The molecule has 128 valence electrons. The van der Waals surface area contributed by atoms with Crippen molar-refractivity contribution >= 4 is 40.0 Å². The summed E-state index contributed by atoms with van der Waals surface area (Å²) in [5.74, 6) is 0.670. The van der Waals surface area contributed by atoms with Crippen LogP contribution in [0.2, 0.25) is 10.0 Å². The molecule has 2 heterocycles. The van der Waals surface area contributed by atoms with Gasteiger partial charge in [0.1, 0.15) is 5.75 Å². The number of carbonyl (C=O) groups is 1. The van der Waals surface area contributed by atoms with Crippen LogP contribution in [0, 0.1) is 0 Å². The molecule has 25 heavy (non-hydrogen) atoms. The fraction of sp³-hybridized carbons (Fsp3) is 0.211. The SMILES string of the molecule is COc1c(Cl)ccc2[nH]c3c(c12)CCN(C(=O)c1cccc(Cl)c1)C3. The maximum atomic E-state index is 12.8. The zero-order valence-corrected chi connectivity index (χ0v) is 15.1. The smallest absolute Gasteiger partial charge is 0.254 e. The van der Waals surface area contributed by atoms with Crippen molar-refractivity contribution in [3.63, 3.8) is 0 Å². The third kappa shape index (κ3) is 2.75. The molecule has 1 aromatic heterocycles. The first-order chi connectivity index (χ1) is 12.1. The van der Waals surface area contributed by atoms with E-state index in [0.29, 0.717) is 34.4 Å². The lowest BCUT2D eigenvalue weighted by Crippen LogP contribution is -2.35. The Labute approximate surface area is 155 Å². The van der Waals surface area contributed by atoms with Gasteiger partial charge in [0, 0.05) is 33.7 Å². The first kappa shape index (κ1) is 16.3. The van der Waals surface area contributed by atoms with Crippen LogP contribution in [0.3, 0.4) is 0 Å². The highest BCUT2D eigenvalue weighted by atomic mass is 35.5. The predicted molar refractivity (Wildman–Crippen MR) is 99.8 cm³/mol. The number of ether oxygens (including phenoxy) is 1. The highest BCUT2D eigenvalue weighted by Gasteiger charge is 2.26. The number of rotatable bonds is 2. The molecule has 1 aliphatic rings. The number of methoxy groups -OCH3 is 1. The number of nitrogens with one attached hydrogen (secondary N) is 1. The molecule has 0 atom stereocenters. The van der Waals surface area contributed by atoms with Gasteiger partial charge >= 0.3 is 0 Å². The summed E-state index contributed by atoms with van der Waals surface area (Å²) in [5, 5.41) is 2.17. The number of hydrogen-bond donors (Lipinski definition) is 1. The van der Waals surface area contributed by atoms with Crippen molar-refractivity contribution < 1.29 is 9.53 Å². The first-order valence-corrected chi connectivity index (χ1v) is 8.75. The molecule has 0 fully saturated rings. The Morgan fingerprint density at radius 2 is 2.08 bits per heavy atom. The summed E-state index contributed by atoms with van der Waals surface area (Å²) in [6, 6.07) is 10.8. The lowest BCUT2D eigenvalue weighted by Gasteiger charge is -2.27. The molecule has 4 rings (SSSR count). The van der Waals surface area contributed by atoms with Crippen molar-refractivity contribution in [1.82, 2.24) is 9.88 Å². The minimum Gasteiger partial charge on any atom is -0.494 e. The van der Waals surface area contributed by atoms with E-state index in [1.54, 1.807) is 31.4 Å². The molecule has 2 aromatic carbocycles. The van der Waals surface area contributed by atoms with Crippen LogP contribution in [-0.2, 0) is 13.0 Å². The summed E-state index contributed by atoms with van der Waals surface area (Å²) in [6.45, 7) is 1.16. The summed E-state index contributed by atoms with van der Waals surface area (Å²) in [4.78, 5) is 18.0. The molecule has 0 aliphatic carbocycles. The fourth-order valence-corrected chi connectivity index (χ4v) is 3.88. The Balaban J connectivity index is 1.70. The van der Waals surface area contributed by atoms with Gasteiger partial charge in [-0.1, -0.05) is 29.3 Å². The molecular formula is C19H16Cl2N2O2. The second-order valence-corrected chi connectivity index (χ2v) is 6.92. The Hall–Kier alpha value is -2.17. The zero-order chi connectivity index (χ0) is 17.6. The second kappa shape index (κ2) is 6.28. The van der Waals surface area contributed by atoms with Crippen molar-refractivity contribution in [3.05, 3.63) is 63.3 Å². The number of fused-ring (bicyclic) bond motifs is 3. The minimum absolute atomic E-state index is 0.0168. The topological polar surface area (TPSA) is 45.3 Å². The molecule has 0 radical (unpaired) electrons. The number of aromatic nitrogens is 1. The number of amides is 1. The molecule has 4 nitrogen and oxygen atoms in total. The summed E-state index contributed by atoms with van der Waals surface area (Å²) < 4.78 is 5.49. The van der Waals surface area contributed by atoms with Gasteiger partial charge < -0.3 is 14.6 Å². The number of benzene rings is 2. The van der Waals surface area contributed by atoms with Gasteiger partial charge in [-0.25, -0.2) is 0 Å². The first-order valence-electron chi connectivity index (χ1n) is 7.99. The summed E-state index contributed by atoms with van der Waals surface area (Å²) in [5.41, 5.74) is 3.78. The molecule has 0 saturated heterocycles. The Morgan fingerprint density at radius 3 is 2.84 bits per heavy atom. The van der Waals surface area contributed by atoms with Crippen LogP contribution >= 0.6 is 23.2 Å². The molecule has 6 heteroatoms. The van der Waals surface area contributed by atoms with E-state index >= 15 is 0 Å². The van der Waals surface area contributed by atoms with E-state index in [9.17, 15) is 4.79 Å². The van der Waals surface area contributed by atoms with Crippen molar-refractivity contribution in [1.29, 1.82) is 0 Å². The molecular weight excluding hydrogens is 359 g/mol. The zero-order valence-electron chi connectivity index (χ0n) is 13.6.